The first kappa shape index (κ1) is 45.3. The van der Waals surface area contributed by atoms with E-state index in [1.54, 1.807) is 0 Å². The van der Waals surface area contributed by atoms with Gasteiger partial charge in [0.2, 0.25) is 0 Å². The van der Waals surface area contributed by atoms with Crippen LogP contribution in [0.1, 0.15) is 173 Å². The van der Waals surface area contributed by atoms with E-state index >= 15 is 0 Å². The second-order valence-corrected chi connectivity index (χ2v) is 17.1. The van der Waals surface area contributed by atoms with Crippen molar-refractivity contribution >= 4 is 34.1 Å². The van der Waals surface area contributed by atoms with Crippen LogP contribution in [-0.4, -0.2) is 18.9 Å². The van der Waals surface area contributed by atoms with Gasteiger partial charge in [0.15, 0.2) is 5.78 Å². The number of allylic oxidation sites excluding steroid dienone is 8. The molecule has 1 aliphatic carbocycles. The van der Waals surface area contributed by atoms with Crippen molar-refractivity contribution in [1.82, 2.24) is 0 Å². The molecule has 0 saturated carbocycles. The van der Waals surface area contributed by atoms with E-state index in [9.17, 15) is 4.79 Å². The average molecular weight is 769 g/mol. The fourth-order valence-corrected chi connectivity index (χ4v) is 8.45. The van der Waals surface area contributed by atoms with Crippen molar-refractivity contribution in [3.05, 3.63) is 136 Å². The van der Waals surface area contributed by atoms with Gasteiger partial charge in [-0.15, -0.1) is 0 Å². The van der Waals surface area contributed by atoms with Gasteiger partial charge in [-0.3, -0.25) is 4.79 Å². The number of carbonyl (C=O) groups excluding carboxylic acids is 1. The predicted molar refractivity (Wildman–Crippen MR) is 249 cm³/mol. The zero-order chi connectivity index (χ0) is 42.0. The molecule has 4 heteroatoms. The quantitative estimate of drug-likeness (QED) is 0.0976. The summed E-state index contributed by atoms with van der Waals surface area (Å²) in [5.74, 6) is 1.56. The second-order valence-electron chi connectivity index (χ2n) is 17.1. The number of rotatable bonds is 19. The molecular weight excluding hydrogens is 695 g/mol. The molecule has 0 fully saturated rings. The van der Waals surface area contributed by atoms with Gasteiger partial charge >= 0.3 is 0 Å². The van der Waals surface area contributed by atoms with Crippen LogP contribution < -0.4 is 15.5 Å². The molecule has 306 valence electrons. The lowest BCUT2D eigenvalue weighted by Crippen LogP contribution is -2.41. The number of nitrogens with zero attached hydrogens (tertiary/aromatic N) is 2. The van der Waals surface area contributed by atoms with Gasteiger partial charge in [-0.25, -0.2) is 0 Å². The van der Waals surface area contributed by atoms with Crippen molar-refractivity contribution in [2.75, 3.05) is 22.9 Å². The Kier molecular flexibility index (Phi) is 16.6. The molecule has 0 radical (unpaired) electrons. The Balaban J connectivity index is 1.81. The van der Waals surface area contributed by atoms with E-state index in [4.69, 9.17) is 0 Å². The molecule has 0 amide bonds. The van der Waals surface area contributed by atoms with Gasteiger partial charge in [0, 0.05) is 59.1 Å². The molecule has 0 bridgehead atoms. The van der Waals surface area contributed by atoms with Gasteiger partial charge in [0.25, 0.3) is 0 Å². The lowest BCUT2D eigenvalue weighted by molar-refractivity contribution is -0.255. The number of para-hydroxylation sites is 2. The third kappa shape index (κ3) is 10.4. The molecular formula is C53H74N3O+. The number of ketones is 1. The van der Waals surface area contributed by atoms with Crippen LogP contribution in [0, 0.1) is 0 Å². The molecule has 4 rings (SSSR count). The van der Waals surface area contributed by atoms with E-state index in [0.29, 0.717) is 29.2 Å². The summed E-state index contributed by atoms with van der Waals surface area (Å²) < 4.78 is 0. The van der Waals surface area contributed by atoms with Crippen molar-refractivity contribution < 1.29 is 10.5 Å². The van der Waals surface area contributed by atoms with Crippen LogP contribution in [0.4, 0.5) is 22.7 Å². The molecule has 57 heavy (non-hydrogen) atoms. The van der Waals surface area contributed by atoms with E-state index in [1.165, 1.54) is 52.2 Å². The van der Waals surface area contributed by atoms with E-state index in [-0.39, 0.29) is 5.78 Å². The second kappa shape index (κ2) is 20.8. The first-order valence-corrected chi connectivity index (χ1v) is 22.0. The van der Waals surface area contributed by atoms with Crippen molar-refractivity contribution in [3.63, 3.8) is 0 Å². The van der Waals surface area contributed by atoms with Gasteiger partial charge in [0.1, 0.15) is 5.69 Å². The van der Waals surface area contributed by atoms with E-state index in [0.717, 1.165) is 72.4 Å². The molecule has 0 heterocycles. The number of unbranched alkanes of at least 4 members (excludes halogenated alkanes) is 3. The van der Waals surface area contributed by atoms with Gasteiger partial charge < -0.3 is 15.5 Å². The minimum Gasteiger partial charge on any atom is -0.341 e. The summed E-state index contributed by atoms with van der Waals surface area (Å²) in [5, 5.41) is 0. The molecule has 0 unspecified atom stereocenters. The lowest BCUT2D eigenvalue weighted by Gasteiger charge is -2.33. The van der Waals surface area contributed by atoms with Crippen LogP contribution in [0.3, 0.4) is 0 Å². The maximum absolute atomic E-state index is 14.3. The highest BCUT2D eigenvalue weighted by Gasteiger charge is 2.26. The maximum Gasteiger partial charge on any atom is 0.188 e. The van der Waals surface area contributed by atoms with Crippen molar-refractivity contribution in [3.8, 4) is 0 Å². The zero-order valence-corrected chi connectivity index (χ0v) is 37.7. The van der Waals surface area contributed by atoms with E-state index in [1.807, 2.05) is 18.2 Å². The van der Waals surface area contributed by atoms with E-state index in [2.05, 4.69) is 166 Å². The number of hydrogen-bond acceptors (Lipinski definition) is 3. The minimum atomic E-state index is 0.0217. The van der Waals surface area contributed by atoms with Crippen LogP contribution in [0.5, 0.6) is 0 Å². The lowest BCUT2D eigenvalue weighted by atomic mass is 9.87. The molecule has 0 aromatic heterocycles. The Morgan fingerprint density at radius 2 is 1.21 bits per heavy atom. The van der Waals surface area contributed by atoms with Crippen LogP contribution in [0.2, 0.25) is 0 Å². The first-order chi connectivity index (χ1) is 27.2. The number of carbonyl (C=O) groups is 1. The number of hydrogen-bond donors (Lipinski definition) is 1. The van der Waals surface area contributed by atoms with Crippen LogP contribution in [-0.2, 0) is 4.79 Å². The highest BCUT2D eigenvalue weighted by molar-refractivity contribution is 6.10. The highest BCUT2D eigenvalue weighted by atomic mass is 16.1. The van der Waals surface area contributed by atoms with Crippen LogP contribution >= 0.6 is 0 Å². The van der Waals surface area contributed by atoms with E-state index < -0.39 is 0 Å². The van der Waals surface area contributed by atoms with Crippen LogP contribution in [0.15, 0.2) is 108 Å². The molecule has 0 spiro atoms. The summed E-state index contributed by atoms with van der Waals surface area (Å²) in [5.41, 5.74) is 20.7. The van der Waals surface area contributed by atoms with Crippen molar-refractivity contribution in [2.45, 2.75) is 145 Å². The van der Waals surface area contributed by atoms with Gasteiger partial charge in [0.05, 0.1) is 0 Å². The SMILES string of the molecule is C=CC(=C1C=CC(N(CCCC)c2c(C(C)C)cccc2C(C)C)=CC1=O)C(CC)=C(C)c1ccc(N(CCCCC)c2c(C(C)C)cccc2C(C)C)cc1[NH3+]. The topological polar surface area (TPSA) is 51.2 Å². The summed E-state index contributed by atoms with van der Waals surface area (Å²) in [6, 6.07) is 20.3. The number of anilines is 3. The number of benzene rings is 3. The number of quaternary nitrogens is 1. The van der Waals surface area contributed by atoms with Crippen LogP contribution in [0.25, 0.3) is 5.57 Å². The summed E-state index contributed by atoms with van der Waals surface area (Å²) in [6.07, 6.45) is 14.3. The largest absolute Gasteiger partial charge is 0.341 e. The Morgan fingerprint density at radius 3 is 1.65 bits per heavy atom. The highest BCUT2D eigenvalue weighted by Crippen LogP contribution is 2.42. The Hall–Kier alpha value is -4.41. The minimum absolute atomic E-state index is 0.0217. The molecule has 3 aromatic carbocycles. The summed E-state index contributed by atoms with van der Waals surface area (Å²) >= 11 is 0. The molecule has 1 aliphatic rings. The van der Waals surface area contributed by atoms with Gasteiger partial charge in [-0.1, -0.05) is 144 Å². The van der Waals surface area contributed by atoms with Crippen molar-refractivity contribution in [1.29, 1.82) is 0 Å². The standard InChI is InChI=1S/C53H73N3O/c1-14-18-20-32-56(53-46(37(9)10)25-22-26-47(53)38(11)12)40-27-29-48(50(54)33-40)39(13)42(16-3)43(17-4)49-30-28-41(34-51(49)57)55(31-19-15-2)52-44(35(5)6)23-21-24-45(52)36(7)8/h17,21-30,33-38H,4,14-16,18-20,31-32,54H2,1-3,5-13H3/p+1. The van der Waals surface area contributed by atoms with Gasteiger partial charge in [-0.2, -0.15) is 0 Å². The normalized spacial score (nSPS) is 14.5. The molecule has 3 aromatic rings. The smallest absolute Gasteiger partial charge is 0.188 e. The third-order valence-corrected chi connectivity index (χ3v) is 11.7. The van der Waals surface area contributed by atoms with Gasteiger partial charge in [-0.05, 0) is 113 Å². The monoisotopic (exact) mass is 769 g/mol. The summed E-state index contributed by atoms with van der Waals surface area (Å²) in [7, 11) is 0. The molecule has 3 N–H and O–H groups in total. The average Bonchev–Trinajstić information content (AvgIpc) is 3.18. The first-order valence-electron chi connectivity index (χ1n) is 22.0. The maximum atomic E-state index is 14.3. The fraction of sp³-hybridized carbons (Fsp3) is 0.453. The zero-order valence-electron chi connectivity index (χ0n) is 37.7. The van der Waals surface area contributed by atoms with Crippen molar-refractivity contribution in [2.24, 2.45) is 0 Å². The fourth-order valence-electron chi connectivity index (χ4n) is 8.45. The molecule has 4 nitrogen and oxygen atoms in total. The molecule has 0 saturated heterocycles. The predicted octanol–water partition coefficient (Wildman–Crippen LogP) is 14.4. The summed E-state index contributed by atoms with van der Waals surface area (Å²) in [6.45, 7) is 33.2. The Labute approximate surface area is 347 Å². The molecule has 0 aliphatic heterocycles. The Bertz CT molecular complexity index is 1950. The Morgan fingerprint density at radius 1 is 0.702 bits per heavy atom. The third-order valence-electron chi connectivity index (χ3n) is 11.7. The summed E-state index contributed by atoms with van der Waals surface area (Å²) in [4.78, 5) is 19.3. The molecule has 0 atom stereocenters.